The number of hydrogen-bond acceptors (Lipinski definition) is 6. The zero-order chi connectivity index (χ0) is 21.0. The van der Waals surface area contributed by atoms with Gasteiger partial charge in [-0.3, -0.25) is 14.4 Å². The van der Waals surface area contributed by atoms with Crippen LogP contribution in [0.25, 0.3) is 0 Å². The highest BCUT2D eigenvalue weighted by atomic mass is 32.1. The first-order chi connectivity index (χ1) is 13.9. The summed E-state index contributed by atoms with van der Waals surface area (Å²) in [6, 6.07) is 4.25. The van der Waals surface area contributed by atoms with Gasteiger partial charge in [0.2, 0.25) is 5.91 Å². The lowest BCUT2D eigenvalue weighted by atomic mass is 10.1. The number of nitrogens with one attached hydrogen (secondary N) is 1. The summed E-state index contributed by atoms with van der Waals surface area (Å²) < 4.78 is 23.5. The Kier molecular flexibility index (Phi) is 6.48. The van der Waals surface area contributed by atoms with Gasteiger partial charge in [0, 0.05) is 11.3 Å². The number of fused-ring (bicyclic) bond motifs is 1. The van der Waals surface area contributed by atoms with Crippen molar-refractivity contribution in [1.29, 1.82) is 0 Å². The number of halogens is 1. The van der Waals surface area contributed by atoms with Gasteiger partial charge in [0.05, 0.1) is 19.1 Å². The molecule has 0 bridgehead atoms. The molecule has 0 radical (unpaired) electrons. The Morgan fingerprint density at radius 2 is 2.03 bits per heavy atom. The van der Waals surface area contributed by atoms with E-state index in [1.807, 2.05) is 0 Å². The van der Waals surface area contributed by atoms with Crippen LogP contribution in [0.3, 0.4) is 0 Å². The first kappa shape index (κ1) is 20.8. The Hall–Kier alpha value is -2.94. The summed E-state index contributed by atoms with van der Waals surface area (Å²) in [6.07, 6.45) is 2.38. The largest absolute Gasteiger partial charge is 0.494 e. The van der Waals surface area contributed by atoms with Crippen LogP contribution in [-0.4, -0.2) is 24.9 Å². The molecule has 0 saturated carbocycles. The van der Waals surface area contributed by atoms with Gasteiger partial charge < -0.3 is 20.5 Å². The van der Waals surface area contributed by atoms with Crippen LogP contribution in [0.2, 0.25) is 0 Å². The first-order valence-electron chi connectivity index (χ1n) is 9.11. The number of rotatable bonds is 8. The van der Waals surface area contributed by atoms with Gasteiger partial charge in [-0.25, -0.2) is 4.39 Å². The number of aryl methyl sites for hydroxylation is 1. The maximum atomic E-state index is 13.6. The molecule has 0 fully saturated rings. The molecule has 154 valence electrons. The highest BCUT2D eigenvalue weighted by Gasteiger charge is 2.26. The van der Waals surface area contributed by atoms with E-state index in [4.69, 9.17) is 15.2 Å². The number of nitrogens with two attached hydrogens (primary N) is 1. The molecular formula is C20H21FN2O5S. The number of hydrogen-bond donors (Lipinski definition) is 2. The highest BCUT2D eigenvalue weighted by Crippen LogP contribution is 2.38. The van der Waals surface area contributed by atoms with Gasteiger partial charge in [-0.15, -0.1) is 11.3 Å². The molecule has 0 aliphatic heterocycles. The van der Waals surface area contributed by atoms with Crippen molar-refractivity contribution < 1.29 is 28.2 Å². The first-order valence-corrected chi connectivity index (χ1v) is 9.93. The molecule has 1 aliphatic rings. The lowest BCUT2D eigenvalue weighted by molar-refractivity contribution is -0.145. The number of thiophene rings is 1. The molecule has 0 saturated heterocycles. The van der Waals surface area contributed by atoms with Crippen molar-refractivity contribution in [2.24, 2.45) is 5.73 Å². The third kappa shape index (κ3) is 4.92. The van der Waals surface area contributed by atoms with Crippen LogP contribution in [0.1, 0.15) is 45.6 Å². The Labute approximate surface area is 171 Å². The van der Waals surface area contributed by atoms with Crippen LogP contribution in [0.15, 0.2) is 18.2 Å². The number of methoxy groups -OCH3 is 1. The van der Waals surface area contributed by atoms with Crippen molar-refractivity contribution in [3.63, 3.8) is 0 Å². The standard InChI is InChI=1S/C20H21FN2O5S/c1-27-14-6-5-11(9-13(14)21)10-28-17(25)8-7-16(24)23-20-18(19(22)26)12-3-2-4-15(12)29-20/h5-6,9H,2-4,7-8,10H2,1H3,(H2,22,26)(H,23,24). The molecule has 2 amide bonds. The Balaban J connectivity index is 1.49. The molecule has 0 spiro atoms. The monoisotopic (exact) mass is 420 g/mol. The summed E-state index contributed by atoms with van der Waals surface area (Å²) in [7, 11) is 1.36. The van der Waals surface area contributed by atoms with Gasteiger partial charge in [0.15, 0.2) is 11.6 Å². The van der Waals surface area contributed by atoms with Gasteiger partial charge in [-0.2, -0.15) is 0 Å². The normalized spacial score (nSPS) is 12.3. The van der Waals surface area contributed by atoms with Gasteiger partial charge in [0.25, 0.3) is 5.91 Å². The molecule has 0 atom stereocenters. The van der Waals surface area contributed by atoms with Crippen LogP contribution in [-0.2, 0) is 33.8 Å². The van der Waals surface area contributed by atoms with Crippen LogP contribution in [0, 0.1) is 5.82 Å². The summed E-state index contributed by atoms with van der Waals surface area (Å²) >= 11 is 1.36. The molecule has 3 rings (SSSR count). The predicted molar refractivity (Wildman–Crippen MR) is 105 cm³/mol. The zero-order valence-electron chi connectivity index (χ0n) is 15.9. The fourth-order valence-electron chi connectivity index (χ4n) is 3.19. The minimum absolute atomic E-state index is 0.101. The second kappa shape index (κ2) is 9.04. The molecule has 7 nitrogen and oxygen atoms in total. The number of primary amides is 1. The average molecular weight is 420 g/mol. The fraction of sp³-hybridized carbons (Fsp3) is 0.350. The minimum atomic E-state index is -0.583. The average Bonchev–Trinajstić information content (AvgIpc) is 3.25. The van der Waals surface area contributed by atoms with E-state index in [0.29, 0.717) is 16.1 Å². The number of carbonyl (C=O) groups is 3. The summed E-state index contributed by atoms with van der Waals surface area (Å²) in [5, 5.41) is 3.12. The molecule has 1 aromatic carbocycles. The molecule has 29 heavy (non-hydrogen) atoms. The predicted octanol–water partition coefficient (Wildman–Crippen LogP) is 2.95. The van der Waals surface area contributed by atoms with Crippen molar-refractivity contribution in [3.05, 3.63) is 45.6 Å². The third-order valence-corrected chi connectivity index (χ3v) is 5.80. The van der Waals surface area contributed by atoms with Crippen LogP contribution >= 0.6 is 11.3 Å². The van der Waals surface area contributed by atoms with Gasteiger partial charge in [0.1, 0.15) is 11.6 Å². The maximum Gasteiger partial charge on any atom is 0.306 e. The lowest BCUT2D eigenvalue weighted by Crippen LogP contribution is -2.18. The smallest absolute Gasteiger partial charge is 0.306 e. The maximum absolute atomic E-state index is 13.6. The van der Waals surface area contributed by atoms with Gasteiger partial charge >= 0.3 is 5.97 Å². The van der Waals surface area contributed by atoms with E-state index in [-0.39, 0.29) is 25.2 Å². The number of benzene rings is 1. The van der Waals surface area contributed by atoms with E-state index >= 15 is 0 Å². The highest BCUT2D eigenvalue weighted by molar-refractivity contribution is 7.17. The Morgan fingerprint density at radius 1 is 1.24 bits per heavy atom. The van der Waals surface area contributed by atoms with Crippen molar-refractivity contribution >= 4 is 34.1 Å². The molecule has 3 N–H and O–H groups in total. The van der Waals surface area contributed by atoms with Crippen molar-refractivity contribution in [3.8, 4) is 5.75 Å². The van der Waals surface area contributed by atoms with Crippen LogP contribution in [0.5, 0.6) is 5.75 Å². The molecule has 0 unspecified atom stereocenters. The molecule has 1 heterocycles. The SMILES string of the molecule is COc1ccc(COC(=O)CCC(=O)Nc2sc3c(c2C(N)=O)CCC3)cc1F. The van der Waals surface area contributed by atoms with E-state index in [9.17, 15) is 18.8 Å². The second-order valence-electron chi connectivity index (χ2n) is 6.60. The number of esters is 1. The van der Waals surface area contributed by atoms with Crippen molar-refractivity contribution in [1.82, 2.24) is 0 Å². The number of anilines is 1. The quantitative estimate of drug-likeness (QED) is 0.639. The Morgan fingerprint density at radius 3 is 2.72 bits per heavy atom. The van der Waals surface area contributed by atoms with Gasteiger partial charge in [-0.05, 0) is 42.5 Å². The van der Waals surface area contributed by atoms with E-state index in [1.165, 1.54) is 30.6 Å². The molecule has 9 heteroatoms. The van der Waals surface area contributed by atoms with E-state index < -0.39 is 23.6 Å². The summed E-state index contributed by atoms with van der Waals surface area (Å²) in [5.74, 6) is -1.99. The van der Waals surface area contributed by atoms with E-state index in [2.05, 4.69) is 5.32 Å². The van der Waals surface area contributed by atoms with Crippen molar-refractivity contribution in [2.45, 2.75) is 38.7 Å². The fourth-order valence-corrected chi connectivity index (χ4v) is 4.50. The second-order valence-corrected chi connectivity index (χ2v) is 7.71. The summed E-state index contributed by atoms with van der Waals surface area (Å²) in [6.45, 7) is -0.106. The van der Waals surface area contributed by atoms with E-state index in [1.54, 1.807) is 6.07 Å². The summed E-state index contributed by atoms with van der Waals surface area (Å²) in [5.41, 5.74) is 7.23. The number of amides is 2. The van der Waals surface area contributed by atoms with Crippen LogP contribution in [0.4, 0.5) is 9.39 Å². The number of carbonyl (C=O) groups excluding carboxylic acids is 3. The minimum Gasteiger partial charge on any atom is -0.494 e. The van der Waals surface area contributed by atoms with Gasteiger partial charge in [-0.1, -0.05) is 6.07 Å². The molecule has 1 aliphatic carbocycles. The van der Waals surface area contributed by atoms with E-state index in [0.717, 1.165) is 29.7 Å². The lowest BCUT2D eigenvalue weighted by Gasteiger charge is -2.08. The molecule has 1 aromatic heterocycles. The topological polar surface area (TPSA) is 108 Å². The molecule has 2 aromatic rings. The zero-order valence-corrected chi connectivity index (χ0v) is 16.7. The summed E-state index contributed by atoms with van der Waals surface area (Å²) in [4.78, 5) is 36.9. The number of ether oxygens (including phenoxy) is 2. The van der Waals surface area contributed by atoms with Crippen molar-refractivity contribution in [2.75, 3.05) is 12.4 Å². The third-order valence-electron chi connectivity index (χ3n) is 4.59. The molecular weight excluding hydrogens is 399 g/mol. The van der Waals surface area contributed by atoms with Crippen LogP contribution < -0.4 is 15.8 Å². The Bertz CT molecular complexity index is 957.